The molecule has 1 N–H and O–H groups in total. The lowest BCUT2D eigenvalue weighted by molar-refractivity contribution is 0.199. The van der Waals surface area contributed by atoms with Gasteiger partial charge in [0, 0.05) is 4.90 Å². The molecule has 0 amide bonds. The molecule has 1 nitrogen and oxygen atoms in total. The van der Waals surface area contributed by atoms with Crippen LogP contribution in [0.2, 0.25) is 0 Å². The topological polar surface area (TPSA) is 20.2 Å². The first-order valence-corrected chi connectivity index (χ1v) is 6.45. The van der Waals surface area contributed by atoms with Crippen LogP contribution in [0.15, 0.2) is 50.9 Å². The van der Waals surface area contributed by atoms with E-state index in [0.717, 1.165) is 5.56 Å². The van der Waals surface area contributed by atoms with Gasteiger partial charge in [0.15, 0.2) is 0 Å². The van der Waals surface area contributed by atoms with Gasteiger partial charge >= 0.3 is 0 Å². The van der Waals surface area contributed by atoms with E-state index < -0.39 is 0 Å². The van der Waals surface area contributed by atoms with E-state index in [-0.39, 0.29) is 6.10 Å². The highest BCUT2D eigenvalue weighted by Crippen LogP contribution is 2.31. The molecule has 2 aromatic rings. The molecule has 0 aliphatic carbocycles. The van der Waals surface area contributed by atoms with E-state index in [1.54, 1.807) is 30.0 Å². The van der Waals surface area contributed by atoms with Gasteiger partial charge < -0.3 is 5.11 Å². The van der Waals surface area contributed by atoms with Crippen LogP contribution in [0, 0.1) is 0 Å². The Balaban J connectivity index is 2.11. The molecule has 3 heteroatoms. The maximum atomic E-state index is 9.37. The highest BCUT2D eigenvalue weighted by Gasteiger charge is 2.01. The molecular formula is C12H12OS2. The number of thiophene rings is 1. The van der Waals surface area contributed by atoms with E-state index in [0.29, 0.717) is 0 Å². The molecule has 1 atom stereocenters. The number of hydrogen-bond acceptors (Lipinski definition) is 3. The molecule has 0 spiro atoms. The average Bonchev–Trinajstić information content (AvgIpc) is 2.71. The minimum atomic E-state index is -0.384. The molecule has 78 valence electrons. The van der Waals surface area contributed by atoms with Gasteiger partial charge in [-0.05, 0) is 36.1 Å². The van der Waals surface area contributed by atoms with Crippen LogP contribution in [0.4, 0.5) is 0 Å². The van der Waals surface area contributed by atoms with Crippen molar-refractivity contribution in [1.82, 2.24) is 0 Å². The Morgan fingerprint density at radius 3 is 2.47 bits per heavy atom. The molecule has 0 fully saturated rings. The largest absolute Gasteiger partial charge is 0.389 e. The lowest BCUT2D eigenvalue weighted by Gasteiger charge is -2.05. The van der Waals surface area contributed by atoms with E-state index in [1.165, 1.54) is 9.10 Å². The third-order valence-corrected chi connectivity index (χ3v) is 4.12. The van der Waals surface area contributed by atoms with Crippen LogP contribution in [-0.4, -0.2) is 5.11 Å². The van der Waals surface area contributed by atoms with E-state index in [1.807, 2.05) is 24.3 Å². The van der Waals surface area contributed by atoms with E-state index in [4.69, 9.17) is 0 Å². The maximum Gasteiger partial charge on any atom is 0.0761 e. The van der Waals surface area contributed by atoms with Crippen molar-refractivity contribution in [3.63, 3.8) is 0 Å². The molecule has 0 radical (unpaired) electrons. The average molecular weight is 236 g/mol. The Kier molecular flexibility index (Phi) is 3.46. The third-order valence-electron chi connectivity index (χ3n) is 2.08. The van der Waals surface area contributed by atoms with Gasteiger partial charge in [-0.25, -0.2) is 0 Å². The van der Waals surface area contributed by atoms with Crippen molar-refractivity contribution in [2.45, 2.75) is 22.1 Å². The number of hydrogen-bond donors (Lipinski definition) is 1. The smallest absolute Gasteiger partial charge is 0.0761 e. The van der Waals surface area contributed by atoms with E-state index in [9.17, 15) is 5.11 Å². The molecule has 1 aromatic heterocycles. The van der Waals surface area contributed by atoms with Gasteiger partial charge in [-0.2, -0.15) is 0 Å². The fourth-order valence-corrected chi connectivity index (χ4v) is 3.00. The second-order valence-corrected chi connectivity index (χ2v) is 5.60. The highest BCUT2D eigenvalue weighted by molar-refractivity contribution is 8.01. The zero-order chi connectivity index (χ0) is 10.7. The number of rotatable bonds is 3. The molecule has 0 bridgehead atoms. The molecule has 1 aromatic carbocycles. The predicted octanol–water partition coefficient (Wildman–Crippen LogP) is 3.95. The molecule has 1 unspecified atom stereocenters. The number of aliphatic hydroxyl groups is 1. The number of aliphatic hydroxyl groups excluding tert-OH is 1. The van der Waals surface area contributed by atoms with Crippen LogP contribution < -0.4 is 0 Å². The molecule has 0 aliphatic heterocycles. The zero-order valence-electron chi connectivity index (χ0n) is 8.38. The second kappa shape index (κ2) is 4.84. The summed E-state index contributed by atoms with van der Waals surface area (Å²) in [6.07, 6.45) is -0.384. The minimum absolute atomic E-state index is 0.384. The first-order valence-electron chi connectivity index (χ1n) is 4.75. The fourth-order valence-electron chi connectivity index (χ4n) is 1.25. The molecule has 0 saturated carbocycles. The van der Waals surface area contributed by atoms with Crippen LogP contribution in [0.5, 0.6) is 0 Å². The molecule has 1 heterocycles. The Bertz CT molecular complexity index is 404. The standard InChI is InChI=1S/C12H12OS2/c1-9(13)10-4-6-11(7-5-10)15-12-3-2-8-14-12/h2-9,13H,1H3. The molecular weight excluding hydrogens is 224 g/mol. The second-order valence-electron chi connectivity index (χ2n) is 3.28. The predicted molar refractivity (Wildman–Crippen MR) is 65.5 cm³/mol. The zero-order valence-corrected chi connectivity index (χ0v) is 10.0. The van der Waals surface area contributed by atoms with E-state index in [2.05, 4.69) is 17.5 Å². The van der Waals surface area contributed by atoms with Crippen LogP contribution in [-0.2, 0) is 0 Å². The van der Waals surface area contributed by atoms with Crippen molar-refractivity contribution in [2.24, 2.45) is 0 Å². The first-order chi connectivity index (χ1) is 7.25. The lowest BCUT2D eigenvalue weighted by atomic mass is 10.1. The summed E-state index contributed by atoms with van der Waals surface area (Å²) < 4.78 is 1.29. The normalized spacial score (nSPS) is 12.7. The summed E-state index contributed by atoms with van der Waals surface area (Å²) in [4.78, 5) is 1.21. The molecule has 0 saturated heterocycles. The molecule has 15 heavy (non-hydrogen) atoms. The van der Waals surface area contributed by atoms with Crippen molar-refractivity contribution < 1.29 is 5.11 Å². The van der Waals surface area contributed by atoms with Crippen LogP contribution >= 0.6 is 23.1 Å². The Labute approximate surface area is 97.8 Å². The van der Waals surface area contributed by atoms with Crippen molar-refractivity contribution in [1.29, 1.82) is 0 Å². The van der Waals surface area contributed by atoms with Gasteiger partial charge in [-0.1, -0.05) is 30.0 Å². The van der Waals surface area contributed by atoms with Gasteiger partial charge in [0.05, 0.1) is 10.3 Å². The molecule has 2 rings (SSSR count). The van der Waals surface area contributed by atoms with Gasteiger partial charge in [-0.3, -0.25) is 0 Å². The number of benzene rings is 1. The van der Waals surface area contributed by atoms with Crippen LogP contribution in [0.3, 0.4) is 0 Å². The van der Waals surface area contributed by atoms with Crippen LogP contribution in [0.25, 0.3) is 0 Å². The van der Waals surface area contributed by atoms with Crippen LogP contribution in [0.1, 0.15) is 18.6 Å². The first kappa shape index (κ1) is 10.7. The van der Waals surface area contributed by atoms with Gasteiger partial charge in [0.2, 0.25) is 0 Å². The maximum absolute atomic E-state index is 9.37. The summed E-state index contributed by atoms with van der Waals surface area (Å²) in [5, 5.41) is 11.4. The lowest BCUT2D eigenvalue weighted by Crippen LogP contribution is -1.89. The van der Waals surface area contributed by atoms with Crippen molar-refractivity contribution >= 4 is 23.1 Å². The van der Waals surface area contributed by atoms with Gasteiger partial charge in [0.1, 0.15) is 0 Å². The van der Waals surface area contributed by atoms with Gasteiger partial charge in [-0.15, -0.1) is 11.3 Å². The SMILES string of the molecule is CC(O)c1ccc(Sc2cccs2)cc1. The summed E-state index contributed by atoms with van der Waals surface area (Å²) >= 11 is 3.49. The summed E-state index contributed by atoms with van der Waals surface area (Å²) in [5.74, 6) is 0. The summed E-state index contributed by atoms with van der Waals surface area (Å²) in [6.45, 7) is 1.78. The fraction of sp³-hybridized carbons (Fsp3) is 0.167. The van der Waals surface area contributed by atoms with Crippen molar-refractivity contribution in [3.05, 3.63) is 47.3 Å². The van der Waals surface area contributed by atoms with Gasteiger partial charge in [0.25, 0.3) is 0 Å². The molecule has 0 aliphatic rings. The third kappa shape index (κ3) is 2.84. The van der Waals surface area contributed by atoms with Crippen molar-refractivity contribution in [3.8, 4) is 0 Å². The summed E-state index contributed by atoms with van der Waals surface area (Å²) in [5.41, 5.74) is 0.963. The Morgan fingerprint density at radius 2 is 1.93 bits per heavy atom. The summed E-state index contributed by atoms with van der Waals surface area (Å²) in [7, 11) is 0. The monoisotopic (exact) mass is 236 g/mol. The highest BCUT2D eigenvalue weighted by atomic mass is 32.2. The summed E-state index contributed by atoms with van der Waals surface area (Å²) in [6, 6.07) is 12.2. The van der Waals surface area contributed by atoms with Crippen molar-refractivity contribution in [2.75, 3.05) is 0 Å². The Hall–Kier alpha value is -0.770. The quantitative estimate of drug-likeness (QED) is 0.870. The van der Waals surface area contributed by atoms with E-state index >= 15 is 0 Å². The Morgan fingerprint density at radius 1 is 1.20 bits per heavy atom. The minimum Gasteiger partial charge on any atom is -0.389 e.